The van der Waals surface area contributed by atoms with Gasteiger partial charge in [0, 0.05) is 11.0 Å². The van der Waals surface area contributed by atoms with Crippen LogP contribution in [0.25, 0.3) is 17.3 Å². The molecule has 0 spiro atoms. The molecule has 1 aromatic carbocycles. The minimum atomic E-state index is -3.32. The zero-order chi connectivity index (χ0) is 13.6. The van der Waals surface area contributed by atoms with Crippen molar-refractivity contribution >= 4 is 21.9 Å². The second kappa shape index (κ2) is 3.79. The molecule has 0 saturated heterocycles. The number of hydrogen-bond acceptors (Lipinski definition) is 4. The molecule has 0 aliphatic carbocycles. The summed E-state index contributed by atoms with van der Waals surface area (Å²) in [4.78, 5) is 11.0. The van der Waals surface area contributed by atoms with Gasteiger partial charge in [-0.2, -0.15) is 5.10 Å². The summed E-state index contributed by atoms with van der Waals surface area (Å²) in [7, 11) is -3.32. The SMILES string of the molecule is O=C(O)c1cc(-c2ccc3c(c2)C=CS3(=O)=O)n[nH]1. The molecule has 3 rings (SSSR count). The monoisotopic (exact) mass is 276 g/mol. The van der Waals surface area contributed by atoms with Crippen LogP contribution in [-0.4, -0.2) is 29.7 Å². The lowest BCUT2D eigenvalue weighted by molar-refractivity contribution is 0.0690. The van der Waals surface area contributed by atoms with Crippen molar-refractivity contribution < 1.29 is 18.3 Å². The van der Waals surface area contributed by atoms with E-state index in [-0.39, 0.29) is 10.6 Å². The molecule has 1 aliphatic rings. The van der Waals surface area contributed by atoms with Crippen molar-refractivity contribution in [3.63, 3.8) is 0 Å². The van der Waals surface area contributed by atoms with Crippen LogP contribution in [0.5, 0.6) is 0 Å². The van der Waals surface area contributed by atoms with E-state index in [1.165, 1.54) is 18.2 Å². The third-order valence-electron chi connectivity index (χ3n) is 2.85. The number of fused-ring (bicyclic) bond motifs is 1. The summed E-state index contributed by atoms with van der Waals surface area (Å²) < 4.78 is 23.2. The Labute approximate surface area is 108 Å². The first-order valence-corrected chi connectivity index (χ1v) is 6.88. The first-order chi connectivity index (χ1) is 8.97. The predicted molar refractivity (Wildman–Crippen MR) is 67.2 cm³/mol. The van der Waals surface area contributed by atoms with Gasteiger partial charge in [0.2, 0.25) is 0 Å². The zero-order valence-electron chi connectivity index (χ0n) is 9.49. The average Bonchev–Trinajstić information content (AvgIpc) is 2.95. The molecule has 2 heterocycles. The number of carbonyl (C=O) groups is 1. The highest BCUT2D eigenvalue weighted by Crippen LogP contribution is 2.30. The highest BCUT2D eigenvalue weighted by Gasteiger charge is 2.21. The smallest absolute Gasteiger partial charge is 0.353 e. The number of aromatic nitrogens is 2. The first kappa shape index (κ1) is 11.7. The predicted octanol–water partition coefficient (Wildman–Crippen LogP) is 1.53. The molecule has 0 fully saturated rings. The Kier molecular flexibility index (Phi) is 2.33. The van der Waals surface area contributed by atoms with Gasteiger partial charge in [-0.1, -0.05) is 6.07 Å². The zero-order valence-corrected chi connectivity index (χ0v) is 10.3. The van der Waals surface area contributed by atoms with Crippen molar-refractivity contribution in [2.45, 2.75) is 4.90 Å². The van der Waals surface area contributed by atoms with Crippen molar-refractivity contribution in [2.75, 3.05) is 0 Å². The molecule has 0 atom stereocenters. The minimum Gasteiger partial charge on any atom is -0.477 e. The van der Waals surface area contributed by atoms with Crippen LogP contribution in [0.15, 0.2) is 34.6 Å². The Balaban J connectivity index is 2.08. The quantitative estimate of drug-likeness (QED) is 0.866. The van der Waals surface area contributed by atoms with E-state index in [0.29, 0.717) is 16.8 Å². The van der Waals surface area contributed by atoms with E-state index in [9.17, 15) is 13.2 Å². The summed E-state index contributed by atoms with van der Waals surface area (Å²) in [5.41, 5.74) is 1.68. The number of aromatic carboxylic acids is 1. The molecule has 0 amide bonds. The molecule has 0 unspecified atom stereocenters. The number of nitrogens with zero attached hydrogens (tertiary/aromatic N) is 1. The summed E-state index contributed by atoms with van der Waals surface area (Å²) >= 11 is 0. The Morgan fingerprint density at radius 2 is 2.05 bits per heavy atom. The van der Waals surface area contributed by atoms with E-state index >= 15 is 0 Å². The van der Waals surface area contributed by atoms with Gasteiger partial charge < -0.3 is 5.11 Å². The van der Waals surface area contributed by atoms with Gasteiger partial charge in [0.25, 0.3) is 0 Å². The molecule has 7 heteroatoms. The molecular formula is C12H8N2O4S. The molecule has 2 N–H and O–H groups in total. The van der Waals surface area contributed by atoms with Crippen LogP contribution in [0.4, 0.5) is 0 Å². The topological polar surface area (TPSA) is 100 Å². The summed E-state index contributed by atoms with van der Waals surface area (Å²) in [6.45, 7) is 0. The highest BCUT2D eigenvalue weighted by molar-refractivity contribution is 7.94. The number of hydrogen-bond donors (Lipinski definition) is 2. The van der Waals surface area contributed by atoms with Crippen LogP contribution in [-0.2, 0) is 9.84 Å². The van der Waals surface area contributed by atoms with E-state index in [4.69, 9.17) is 5.11 Å². The third kappa shape index (κ3) is 1.84. The van der Waals surface area contributed by atoms with Crippen LogP contribution in [0, 0.1) is 0 Å². The van der Waals surface area contributed by atoms with E-state index in [1.807, 2.05) is 0 Å². The molecule has 1 aromatic heterocycles. The lowest BCUT2D eigenvalue weighted by Gasteiger charge is -2.01. The normalized spacial score (nSPS) is 15.4. The summed E-state index contributed by atoms with van der Waals surface area (Å²) in [6.07, 6.45) is 1.51. The Morgan fingerprint density at radius 1 is 1.26 bits per heavy atom. The number of benzene rings is 1. The van der Waals surface area contributed by atoms with Gasteiger partial charge >= 0.3 is 5.97 Å². The number of aromatic amines is 1. The molecule has 6 nitrogen and oxygen atoms in total. The number of H-pyrrole nitrogens is 1. The fraction of sp³-hybridized carbons (Fsp3) is 0. The summed E-state index contributed by atoms with van der Waals surface area (Å²) in [5, 5.41) is 16.2. The lowest BCUT2D eigenvalue weighted by atomic mass is 10.1. The Bertz CT molecular complexity index is 818. The van der Waals surface area contributed by atoms with Gasteiger partial charge in [0.15, 0.2) is 9.84 Å². The van der Waals surface area contributed by atoms with Crippen molar-refractivity contribution in [1.82, 2.24) is 10.2 Å². The summed E-state index contributed by atoms with van der Waals surface area (Å²) in [6, 6.07) is 6.16. The van der Waals surface area contributed by atoms with Crippen LogP contribution < -0.4 is 0 Å². The molecule has 19 heavy (non-hydrogen) atoms. The maximum atomic E-state index is 11.6. The second-order valence-electron chi connectivity index (χ2n) is 4.07. The van der Waals surface area contributed by atoms with Crippen molar-refractivity contribution in [1.29, 1.82) is 0 Å². The van der Waals surface area contributed by atoms with E-state index < -0.39 is 15.8 Å². The van der Waals surface area contributed by atoms with Gasteiger partial charge in [-0.3, -0.25) is 5.10 Å². The van der Waals surface area contributed by atoms with Crippen LogP contribution >= 0.6 is 0 Å². The molecular weight excluding hydrogens is 268 g/mol. The minimum absolute atomic E-state index is 0.0151. The fourth-order valence-electron chi connectivity index (χ4n) is 1.91. The van der Waals surface area contributed by atoms with E-state index in [1.54, 1.807) is 12.1 Å². The molecule has 1 aliphatic heterocycles. The van der Waals surface area contributed by atoms with Crippen molar-refractivity contribution in [3.05, 3.63) is 40.9 Å². The maximum Gasteiger partial charge on any atom is 0.353 e. The second-order valence-corrected chi connectivity index (χ2v) is 5.87. The Hall–Kier alpha value is -2.41. The fourth-order valence-corrected chi connectivity index (χ4v) is 3.10. The lowest BCUT2D eigenvalue weighted by Crippen LogP contribution is -1.95. The number of carboxylic acids is 1. The average molecular weight is 276 g/mol. The van der Waals surface area contributed by atoms with Crippen LogP contribution in [0.3, 0.4) is 0 Å². The number of nitrogens with one attached hydrogen (secondary N) is 1. The molecule has 0 saturated carbocycles. The van der Waals surface area contributed by atoms with Gasteiger partial charge in [0.1, 0.15) is 5.69 Å². The standard InChI is InChI=1S/C12H8N2O4S/c15-12(16)10-6-9(13-14-10)7-1-2-11-8(5-7)3-4-19(11,17)18/h1-6H,(H,13,14)(H,15,16). The van der Waals surface area contributed by atoms with Gasteiger partial charge in [-0.05, 0) is 29.8 Å². The van der Waals surface area contributed by atoms with Gasteiger partial charge in [-0.15, -0.1) is 0 Å². The number of sulfone groups is 1. The summed E-state index contributed by atoms with van der Waals surface area (Å²) in [5.74, 6) is -1.10. The van der Waals surface area contributed by atoms with E-state index in [0.717, 1.165) is 5.41 Å². The first-order valence-electron chi connectivity index (χ1n) is 5.34. The maximum absolute atomic E-state index is 11.6. The molecule has 0 radical (unpaired) electrons. The van der Waals surface area contributed by atoms with Crippen molar-refractivity contribution in [2.24, 2.45) is 0 Å². The van der Waals surface area contributed by atoms with Crippen LogP contribution in [0.2, 0.25) is 0 Å². The molecule has 96 valence electrons. The van der Waals surface area contributed by atoms with E-state index in [2.05, 4.69) is 10.2 Å². The number of carboxylic acid groups (broad SMARTS) is 1. The largest absolute Gasteiger partial charge is 0.477 e. The van der Waals surface area contributed by atoms with Gasteiger partial charge in [0.05, 0.1) is 10.6 Å². The third-order valence-corrected chi connectivity index (χ3v) is 4.33. The molecule has 0 bridgehead atoms. The number of rotatable bonds is 2. The molecule has 2 aromatic rings. The van der Waals surface area contributed by atoms with Crippen molar-refractivity contribution in [3.8, 4) is 11.3 Å². The van der Waals surface area contributed by atoms with Crippen LogP contribution in [0.1, 0.15) is 16.1 Å². The highest BCUT2D eigenvalue weighted by atomic mass is 32.2. The van der Waals surface area contributed by atoms with Gasteiger partial charge in [-0.25, -0.2) is 13.2 Å². The Morgan fingerprint density at radius 3 is 2.74 bits per heavy atom.